The lowest BCUT2D eigenvalue weighted by molar-refractivity contribution is 0.102. The Morgan fingerprint density at radius 2 is 1.64 bits per heavy atom. The van der Waals surface area contributed by atoms with Gasteiger partial charge in [-0.05, 0) is 53.6 Å². The van der Waals surface area contributed by atoms with Crippen molar-refractivity contribution in [3.63, 3.8) is 0 Å². The summed E-state index contributed by atoms with van der Waals surface area (Å²) in [5, 5.41) is 8.27. The maximum Gasteiger partial charge on any atom is 0.256 e. The second-order valence-electron chi connectivity index (χ2n) is 7.16. The lowest BCUT2D eigenvalue weighted by atomic mass is 10.1. The van der Waals surface area contributed by atoms with Gasteiger partial charge in [0.05, 0.1) is 11.6 Å². The molecule has 9 heteroatoms. The van der Waals surface area contributed by atoms with Crippen LogP contribution in [0.3, 0.4) is 0 Å². The number of nitrogens with zero attached hydrogens (tertiary/aromatic N) is 2. The fourth-order valence-electron chi connectivity index (χ4n) is 3.03. The van der Waals surface area contributed by atoms with Crippen LogP contribution in [0.4, 0.5) is 10.2 Å². The number of hydrogen-bond acceptors (Lipinski definition) is 3. The number of rotatable bonds is 7. The van der Waals surface area contributed by atoms with Crippen LogP contribution >= 0.6 is 34.8 Å². The standard InChI is InChI=1S/C24H17Cl3FN3O2/c25-18-7-10-22(20(26)11-18)33-14-16-1-5-17(6-2-16)24(32)29-23-21(27)13-31(30-23)12-15-3-8-19(28)9-4-15/h1-11,13H,12,14H2,(H,29,30,32). The van der Waals surface area contributed by atoms with Gasteiger partial charge in [0.1, 0.15) is 23.2 Å². The smallest absolute Gasteiger partial charge is 0.256 e. The average molecular weight is 505 g/mol. The molecule has 4 rings (SSSR count). The Hall–Kier alpha value is -3.06. The third kappa shape index (κ3) is 6.05. The molecular formula is C24H17Cl3FN3O2. The lowest BCUT2D eigenvalue weighted by Gasteiger charge is -2.09. The van der Waals surface area contributed by atoms with Gasteiger partial charge < -0.3 is 10.1 Å². The van der Waals surface area contributed by atoms with Crippen LogP contribution in [0, 0.1) is 5.82 Å². The maximum absolute atomic E-state index is 13.1. The summed E-state index contributed by atoms with van der Waals surface area (Å²) < 4.78 is 20.3. The van der Waals surface area contributed by atoms with Crippen molar-refractivity contribution in [1.29, 1.82) is 0 Å². The van der Waals surface area contributed by atoms with Crippen LogP contribution in [-0.4, -0.2) is 15.7 Å². The molecule has 0 aliphatic heterocycles. The highest BCUT2D eigenvalue weighted by Gasteiger charge is 2.13. The van der Waals surface area contributed by atoms with Crippen molar-refractivity contribution in [2.45, 2.75) is 13.2 Å². The van der Waals surface area contributed by atoms with Crippen LogP contribution in [0.5, 0.6) is 5.75 Å². The minimum Gasteiger partial charge on any atom is -0.487 e. The predicted molar refractivity (Wildman–Crippen MR) is 128 cm³/mol. The van der Waals surface area contributed by atoms with Crippen molar-refractivity contribution in [2.75, 3.05) is 5.32 Å². The fraction of sp³-hybridized carbons (Fsp3) is 0.0833. The fourth-order valence-corrected chi connectivity index (χ4v) is 3.69. The summed E-state index contributed by atoms with van der Waals surface area (Å²) in [6.45, 7) is 0.672. The summed E-state index contributed by atoms with van der Waals surface area (Å²) in [5.74, 6) is 0.107. The van der Waals surface area contributed by atoms with Gasteiger partial charge in [-0.1, -0.05) is 59.1 Å². The average Bonchev–Trinajstić information content (AvgIpc) is 3.13. The molecule has 1 aromatic heterocycles. The SMILES string of the molecule is O=C(Nc1nn(Cc2ccc(F)cc2)cc1Cl)c1ccc(COc2ccc(Cl)cc2Cl)cc1. The van der Waals surface area contributed by atoms with Crippen LogP contribution in [0.25, 0.3) is 0 Å². The summed E-state index contributed by atoms with van der Waals surface area (Å²) in [7, 11) is 0. The summed E-state index contributed by atoms with van der Waals surface area (Å²) >= 11 is 18.2. The Morgan fingerprint density at radius 3 is 2.33 bits per heavy atom. The Morgan fingerprint density at radius 1 is 0.939 bits per heavy atom. The van der Waals surface area contributed by atoms with E-state index in [2.05, 4.69) is 10.4 Å². The second-order valence-corrected chi connectivity index (χ2v) is 8.41. The van der Waals surface area contributed by atoms with Gasteiger partial charge >= 0.3 is 0 Å². The van der Waals surface area contributed by atoms with E-state index in [1.165, 1.54) is 12.1 Å². The van der Waals surface area contributed by atoms with Gasteiger partial charge in [0.2, 0.25) is 0 Å². The molecular weight excluding hydrogens is 488 g/mol. The molecule has 0 atom stereocenters. The Kier molecular flexibility index (Phi) is 7.18. The van der Waals surface area contributed by atoms with Gasteiger partial charge in [0, 0.05) is 16.8 Å². The van der Waals surface area contributed by atoms with Gasteiger partial charge in [-0.15, -0.1) is 0 Å². The van der Waals surface area contributed by atoms with Crippen molar-refractivity contribution >= 4 is 46.5 Å². The van der Waals surface area contributed by atoms with E-state index in [1.54, 1.807) is 65.5 Å². The highest BCUT2D eigenvalue weighted by atomic mass is 35.5. The minimum atomic E-state index is -0.350. The summed E-state index contributed by atoms with van der Waals surface area (Å²) in [5.41, 5.74) is 2.15. The number of anilines is 1. The number of halogens is 4. The quantitative estimate of drug-likeness (QED) is 0.299. The molecule has 0 spiro atoms. The molecule has 1 N–H and O–H groups in total. The summed E-state index contributed by atoms with van der Waals surface area (Å²) in [6, 6.07) is 18.0. The first kappa shape index (κ1) is 23.1. The van der Waals surface area contributed by atoms with E-state index in [4.69, 9.17) is 39.5 Å². The third-order valence-electron chi connectivity index (χ3n) is 4.71. The van der Waals surface area contributed by atoms with E-state index in [1.807, 2.05) is 0 Å². The highest BCUT2D eigenvalue weighted by molar-refractivity contribution is 6.35. The van der Waals surface area contributed by atoms with Crippen LogP contribution in [0.1, 0.15) is 21.5 Å². The van der Waals surface area contributed by atoms with Crippen LogP contribution in [0.2, 0.25) is 15.1 Å². The van der Waals surface area contributed by atoms with E-state index >= 15 is 0 Å². The summed E-state index contributed by atoms with van der Waals surface area (Å²) in [6.07, 6.45) is 1.60. The summed E-state index contributed by atoms with van der Waals surface area (Å²) in [4.78, 5) is 12.6. The first-order valence-electron chi connectivity index (χ1n) is 9.83. The highest BCUT2D eigenvalue weighted by Crippen LogP contribution is 2.28. The Labute approximate surface area is 204 Å². The van der Waals surface area contributed by atoms with Gasteiger partial charge in [0.25, 0.3) is 5.91 Å². The number of ether oxygens (including phenoxy) is 1. The first-order valence-corrected chi connectivity index (χ1v) is 11.0. The lowest BCUT2D eigenvalue weighted by Crippen LogP contribution is -2.13. The van der Waals surface area contributed by atoms with Crippen molar-refractivity contribution in [2.24, 2.45) is 0 Å². The minimum absolute atomic E-state index is 0.244. The number of benzene rings is 3. The first-order chi connectivity index (χ1) is 15.9. The molecule has 168 valence electrons. The molecule has 0 radical (unpaired) electrons. The van der Waals surface area contributed by atoms with Gasteiger partial charge in [-0.2, -0.15) is 5.10 Å². The molecule has 0 bridgehead atoms. The third-order valence-corrected chi connectivity index (χ3v) is 5.52. The monoisotopic (exact) mass is 503 g/mol. The van der Waals surface area contributed by atoms with Gasteiger partial charge in [-0.25, -0.2) is 4.39 Å². The number of carbonyl (C=O) groups is 1. The second kappa shape index (κ2) is 10.3. The maximum atomic E-state index is 13.1. The number of nitrogens with one attached hydrogen (secondary N) is 1. The molecule has 5 nitrogen and oxygen atoms in total. The Bertz CT molecular complexity index is 1280. The van der Waals surface area contributed by atoms with Crippen molar-refractivity contribution in [3.05, 3.63) is 111 Å². The normalized spacial score (nSPS) is 10.8. The molecule has 4 aromatic rings. The van der Waals surface area contributed by atoms with E-state index in [0.29, 0.717) is 32.9 Å². The number of hydrogen-bond donors (Lipinski definition) is 1. The zero-order valence-corrected chi connectivity index (χ0v) is 19.3. The van der Waals surface area contributed by atoms with E-state index in [0.717, 1.165) is 11.1 Å². The molecule has 0 aliphatic carbocycles. The zero-order valence-electron chi connectivity index (χ0n) is 17.1. The van der Waals surface area contributed by atoms with Gasteiger partial charge in [0.15, 0.2) is 5.82 Å². The molecule has 0 saturated carbocycles. The molecule has 0 saturated heterocycles. The molecule has 3 aromatic carbocycles. The van der Waals surface area contributed by atoms with Gasteiger partial charge in [-0.3, -0.25) is 9.48 Å². The molecule has 33 heavy (non-hydrogen) atoms. The van der Waals surface area contributed by atoms with Crippen molar-refractivity contribution in [1.82, 2.24) is 9.78 Å². The van der Waals surface area contributed by atoms with Crippen LogP contribution in [0.15, 0.2) is 72.9 Å². The van der Waals surface area contributed by atoms with E-state index in [-0.39, 0.29) is 24.1 Å². The van der Waals surface area contributed by atoms with E-state index in [9.17, 15) is 9.18 Å². The molecule has 1 heterocycles. The number of amides is 1. The zero-order chi connectivity index (χ0) is 23.4. The number of carbonyl (C=O) groups excluding carboxylic acids is 1. The van der Waals surface area contributed by atoms with Crippen LogP contribution in [-0.2, 0) is 13.2 Å². The van der Waals surface area contributed by atoms with Crippen molar-refractivity contribution in [3.8, 4) is 5.75 Å². The topological polar surface area (TPSA) is 56.2 Å². The number of aromatic nitrogens is 2. The Balaban J connectivity index is 1.36. The molecule has 0 fully saturated rings. The predicted octanol–water partition coefficient (Wildman–Crippen LogP) is 6.86. The van der Waals surface area contributed by atoms with Crippen molar-refractivity contribution < 1.29 is 13.9 Å². The van der Waals surface area contributed by atoms with Crippen LogP contribution < -0.4 is 10.1 Å². The molecule has 1 amide bonds. The van der Waals surface area contributed by atoms with E-state index < -0.39 is 0 Å². The molecule has 0 unspecified atom stereocenters. The largest absolute Gasteiger partial charge is 0.487 e. The molecule has 0 aliphatic rings.